The lowest BCUT2D eigenvalue weighted by Crippen LogP contribution is -2.39. The van der Waals surface area contributed by atoms with E-state index in [0.717, 1.165) is 25.9 Å². The van der Waals surface area contributed by atoms with E-state index in [0.29, 0.717) is 12.6 Å². The van der Waals surface area contributed by atoms with Crippen molar-refractivity contribution in [3.8, 4) is 0 Å². The van der Waals surface area contributed by atoms with E-state index in [-0.39, 0.29) is 6.10 Å². The van der Waals surface area contributed by atoms with E-state index < -0.39 is 0 Å². The second-order valence-corrected chi connectivity index (χ2v) is 3.24. The number of aliphatic hydroxyl groups is 1. The van der Waals surface area contributed by atoms with E-state index in [9.17, 15) is 5.11 Å². The van der Waals surface area contributed by atoms with Gasteiger partial charge in [0.15, 0.2) is 0 Å². The summed E-state index contributed by atoms with van der Waals surface area (Å²) < 4.78 is 0. The van der Waals surface area contributed by atoms with Crippen molar-refractivity contribution in [2.24, 2.45) is 5.73 Å². The molecule has 0 bridgehead atoms. The molecule has 0 aliphatic carbocycles. The average Bonchev–Trinajstić information content (AvgIpc) is 2.39. The Labute approximate surface area is 68.2 Å². The fourth-order valence-corrected chi connectivity index (χ4v) is 1.67. The van der Waals surface area contributed by atoms with Gasteiger partial charge in [-0.1, -0.05) is 6.92 Å². The summed E-state index contributed by atoms with van der Waals surface area (Å²) in [5.74, 6) is 0. The van der Waals surface area contributed by atoms with Crippen molar-refractivity contribution < 1.29 is 5.11 Å². The third-order valence-electron chi connectivity index (χ3n) is 2.45. The van der Waals surface area contributed by atoms with Crippen LogP contribution in [-0.2, 0) is 0 Å². The van der Waals surface area contributed by atoms with Gasteiger partial charge in [0.1, 0.15) is 0 Å². The maximum absolute atomic E-state index is 9.26. The van der Waals surface area contributed by atoms with Crippen molar-refractivity contribution in [1.82, 2.24) is 4.90 Å². The molecule has 0 aromatic heterocycles. The number of nitrogens with zero attached hydrogens (tertiary/aromatic N) is 1. The van der Waals surface area contributed by atoms with Gasteiger partial charge in [-0.05, 0) is 12.8 Å². The normalized spacial score (nSPS) is 29.2. The summed E-state index contributed by atoms with van der Waals surface area (Å²) in [5, 5.41) is 9.26. The van der Waals surface area contributed by atoms with Crippen LogP contribution >= 0.6 is 0 Å². The summed E-state index contributed by atoms with van der Waals surface area (Å²) in [7, 11) is 0. The number of hydrogen-bond donors (Lipinski definition) is 2. The molecule has 1 aliphatic rings. The summed E-state index contributed by atoms with van der Waals surface area (Å²) in [6.45, 7) is 4.68. The topological polar surface area (TPSA) is 49.5 Å². The summed E-state index contributed by atoms with van der Waals surface area (Å²) in [6.07, 6.45) is 1.88. The zero-order chi connectivity index (χ0) is 8.27. The van der Waals surface area contributed by atoms with Gasteiger partial charge in [0.2, 0.25) is 0 Å². The molecule has 0 amide bonds. The first-order chi connectivity index (χ1) is 5.27. The molecule has 11 heavy (non-hydrogen) atoms. The maximum Gasteiger partial charge on any atom is 0.0679 e. The van der Waals surface area contributed by atoms with Gasteiger partial charge in [-0.3, -0.25) is 4.90 Å². The van der Waals surface area contributed by atoms with E-state index in [1.54, 1.807) is 0 Å². The van der Waals surface area contributed by atoms with E-state index in [4.69, 9.17) is 5.73 Å². The number of nitrogens with two attached hydrogens (primary N) is 1. The van der Waals surface area contributed by atoms with Gasteiger partial charge >= 0.3 is 0 Å². The van der Waals surface area contributed by atoms with Crippen molar-refractivity contribution in [1.29, 1.82) is 0 Å². The first-order valence-electron chi connectivity index (χ1n) is 4.40. The number of likely N-dealkylation sites (tertiary alicyclic amines) is 1. The van der Waals surface area contributed by atoms with E-state index >= 15 is 0 Å². The number of hydrogen-bond acceptors (Lipinski definition) is 3. The predicted molar refractivity (Wildman–Crippen MR) is 45.3 cm³/mol. The fraction of sp³-hybridized carbons (Fsp3) is 1.00. The van der Waals surface area contributed by atoms with Gasteiger partial charge in [0.05, 0.1) is 6.10 Å². The molecular formula is C8H18N2O. The summed E-state index contributed by atoms with van der Waals surface area (Å²) >= 11 is 0. The third-order valence-corrected chi connectivity index (χ3v) is 2.45. The van der Waals surface area contributed by atoms with Crippen molar-refractivity contribution in [3.63, 3.8) is 0 Å². The van der Waals surface area contributed by atoms with Crippen molar-refractivity contribution >= 4 is 0 Å². The Balaban J connectivity index is 2.34. The summed E-state index contributed by atoms with van der Waals surface area (Å²) in [5.41, 5.74) is 5.59. The van der Waals surface area contributed by atoms with Crippen LogP contribution in [0.2, 0.25) is 0 Å². The van der Waals surface area contributed by atoms with Crippen LogP contribution in [0, 0.1) is 0 Å². The Morgan fingerprint density at radius 2 is 2.45 bits per heavy atom. The molecule has 2 unspecified atom stereocenters. The quantitative estimate of drug-likeness (QED) is 0.597. The zero-order valence-corrected chi connectivity index (χ0v) is 7.16. The molecule has 0 radical (unpaired) electrons. The van der Waals surface area contributed by atoms with Crippen LogP contribution in [0.4, 0.5) is 0 Å². The Morgan fingerprint density at radius 3 is 2.82 bits per heavy atom. The van der Waals surface area contributed by atoms with E-state index in [2.05, 4.69) is 11.8 Å². The molecular weight excluding hydrogens is 140 g/mol. The molecule has 3 heteroatoms. The number of rotatable bonds is 3. The van der Waals surface area contributed by atoms with Crippen LogP contribution in [-0.4, -0.2) is 41.8 Å². The highest BCUT2D eigenvalue weighted by Crippen LogP contribution is 2.13. The number of β-amino-alcohol motifs (C(OH)–C–C–N with tert-alkyl or cyclic N) is 1. The Bertz CT molecular complexity index is 115. The third kappa shape index (κ3) is 2.15. The molecule has 0 spiro atoms. The van der Waals surface area contributed by atoms with Crippen LogP contribution in [0.3, 0.4) is 0 Å². The van der Waals surface area contributed by atoms with Gasteiger partial charge in [-0.2, -0.15) is 0 Å². The zero-order valence-electron chi connectivity index (χ0n) is 7.16. The molecule has 1 fully saturated rings. The molecule has 3 N–H and O–H groups in total. The Hall–Kier alpha value is -0.120. The van der Waals surface area contributed by atoms with Crippen molar-refractivity contribution in [3.05, 3.63) is 0 Å². The molecule has 0 aromatic rings. The highest BCUT2D eigenvalue weighted by atomic mass is 16.3. The van der Waals surface area contributed by atoms with Crippen LogP contribution in [0.15, 0.2) is 0 Å². The van der Waals surface area contributed by atoms with E-state index in [1.807, 2.05) is 0 Å². The molecule has 0 aromatic carbocycles. The average molecular weight is 158 g/mol. The van der Waals surface area contributed by atoms with Gasteiger partial charge in [0.25, 0.3) is 0 Å². The fourth-order valence-electron chi connectivity index (χ4n) is 1.67. The van der Waals surface area contributed by atoms with Crippen molar-refractivity contribution in [2.45, 2.75) is 31.9 Å². The van der Waals surface area contributed by atoms with Gasteiger partial charge in [-0.25, -0.2) is 0 Å². The molecule has 0 saturated carbocycles. The maximum atomic E-state index is 9.26. The van der Waals surface area contributed by atoms with Crippen LogP contribution in [0.5, 0.6) is 0 Å². The lowest BCUT2D eigenvalue weighted by molar-refractivity contribution is 0.159. The molecule has 3 nitrogen and oxygen atoms in total. The predicted octanol–water partition coefficient (Wildman–Crippen LogP) is -0.210. The first kappa shape index (κ1) is 8.97. The largest absolute Gasteiger partial charge is 0.392 e. The lowest BCUT2D eigenvalue weighted by Gasteiger charge is -2.24. The first-order valence-corrected chi connectivity index (χ1v) is 4.40. The lowest BCUT2D eigenvalue weighted by atomic mass is 10.2. The standard InChI is InChI=1S/C8H18N2O/c1-2-7(5-9)10-4-3-8(11)6-10/h7-8,11H,2-6,9H2,1H3. The molecule has 66 valence electrons. The molecule has 1 saturated heterocycles. The van der Waals surface area contributed by atoms with Gasteiger partial charge < -0.3 is 10.8 Å². The number of aliphatic hydroxyl groups excluding tert-OH is 1. The Kier molecular flexibility index (Phi) is 3.30. The molecule has 2 atom stereocenters. The molecule has 1 heterocycles. The second kappa shape index (κ2) is 4.04. The van der Waals surface area contributed by atoms with Crippen LogP contribution in [0.25, 0.3) is 0 Å². The minimum absolute atomic E-state index is 0.115. The van der Waals surface area contributed by atoms with Gasteiger partial charge in [0, 0.05) is 25.7 Å². The Morgan fingerprint density at radius 1 is 1.73 bits per heavy atom. The SMILES string of the molecule is CCC(CN)N1CCC(O)C1. The molecule has 1 aliphatic heterocycles. The monoisotopic (exact) mass is 158 g/mol. The highest BCUT2D eigenvalue weighted by molar-refractivity contribution is 4.80. The highest BCUT2D eigenvalue weighted by Gasteiger charge is 2.24. The van der Waals surface area contributed by atoms with Crippen LogP contribution < -0.4 is 5.73 Å². The summed E-state index contributed by atoms with van der Waals surface area (Å²) in [6, 6.07) is 0.479. The van der Waals surface area contributed by atoms with Crippen LogP contribution in [0.1, 0.15) is 19.8 Å². The minimum Gasteiger partial charge on any atom is -0.392 e. The smallest absolute Gasteiger partial charge is 0.0679 e. The van der Waals surface area contributed by atoms with Gasteiger partial charge in [-0.15, -0.1) is 0 Å². The van der Waals surface area contributed by atoms with E-state index in [1.165, 1.54) is 0 Å². The molecule has 1 rings (SSSR count). The van der Waals surface area contributed by atoms with Crippen molar-refractivity contribution in [2.75, 3.05) is 19.6 Å². The minimum atomic E-state index is -0.115. The summed E-state index contributed by atoms with van der Waals surface area (Å²) in [4.78, 5) is 2.28. The second-order valence-electron chi connectivity index (χ2n) is 3.24.